The fraction of sp³-hybridized carbons (Fsp3) is 0.647. The van der Waals surface area contributed by atoms with Gasteiger partial charge in [-0.25, -0.2) is 0 Å². The lowest BCUT2D eigenvalue weighted by molar-refractivity contribution is -0.144. The molecule has 0 amide bonds. The highest BCUT2D eigenvalue weighted by molar-refractivity contribution is 5.85. The molecule has 13 heteroatoms. The molecule has 1 atom stereocenters. The van der Waals surface area contributed by atoms with Crippen molar-refractivity contribution >= 4 is 12.4 Å². The highest BCUT2D eigenvalue weighted by Crippen LogP contribution is 2.46. The molecular weight excluding hydrogens is 455 g/mol. The van der Waals surface area contributed by atoms with E-state index in [4.69, 9.17) is 4.74 Å². The van der Waals surface area contributed by atoms with Crippen molar-refractivity contribution < 1.29 is 44.3 Å². The number of nitrogens with one attached hydrogen (secondary N) is 1. The minimum Gasteiger partial charge on any atom is -0.496 e. The molecule has 0 unspecified atom stereocenters. The standard InChI is InChI=1S/C17H19F9N2O.ClH/c1-29-13-9-10(16(21,22)23)8-11(17(24,25)26)14(13)12(2-3-15(18,19)20)28-6-4-27-5-7-28;/h8-9,12,27H,2-7H2,1H3;1H/t12-;/m0./s1. The first-order chi connectivity index (χ1) is 13.2. The molecule has 1 fully saturated rings. The van der Waals surface area contributed by atoms with Crippen molar-refractivity contribution in [2.24, 2.45) is 0 Å². The SMILES string of the molecule is COc1cc(C(F)(F)F)cc(C(F)(F)F)c1[C@H](CCC(F)(F)F)N1CCNCC1.Cl. The van der Waals surface area contributed by atoms with Crippen LogP contribution in [-0.2, 0) is 12.4 Å². The lowest BCUT2D eigenvalue weighted by atomic mass is 9.91. The summed E-state index contributed by atoms with van der Waals surface area (Å²) < 4.78 is 123. The summed E-state index contributed by atoms with van der Waals surface area (Å²) in [5.41, 5.74) is -3.94. The summed E-state index contributed by atoms with van der Waals surface area (Å²) in [6.45, 7) is 0.938. The van der Waals surface area contributed by atoms with E-state index >= 15 is 0 Å². The second kappa shape index (κ2) is 9.82. The molecule has 1 heterocycles. The van der Waals surface area contributed by atoms with E-state index in [2.05, 4.69) is 5.32 Å². The highest BCUT2D eigenvalue weighted by Gasteiger charge is 2.43. The van der Waals surface area contributed by atoms with E-state index in [1.165, 1.54) is 4.90 Å². The Balaban J connectivity index is 0.00000450. The molecule has 0 saturated carbocycles. The predicted molar refractivity (Wildman–Crippen MR) is 92.7 cm³/mol. The van der Waals surface area contributed by atoms with Gasteiger partial charge in [0.15, 0.2) is 0 Å². The van der Waals surface area contributed by atoms with Gasteiger partial charge in [-0.15, -0.1) is 12.4 Å². The third kappa shape index (κ3) is 6.81. The Morgan fingerprint density at radius 2 is 1.53 bits per heavy atom. The maximum absolute atomic E-state index is 13.7. The molecule has 0 radical (unpaired) electrons. The number of methoxy groups -OCH3 is 1. The first kappa shape index (κ1) is 26.6. The molecule has 2 rings (SSSR count). The summed E-state index contributed by atoms with van der Waals surface area (Å²) >= 11 is 0. The van der Waals surface area contributed by atoms with Crippen LogP contribution in [0.1, 0.15) is 35.6 Å². The van der Waals surface area contributed by atoms with E-state index in [0.717, 1.165) is 7.11 Å². The summed E-state index contributed by atoms with van der Waals surface area (Å²) in [6.07, 6.45) is -17.1. The Morgan fingerprint density at radius 1 is 0.967 bits per heavy atom. The number of alkyl halides is 9. The minimum atomic E-state index is -5.21. The van der Waals surface area contributed by atoms with Gasteiger partial charge in [-0.2, -0.15) is 39.5 Å². The van der Waals surface area contributed by atoms with Crippen LogP contribution in [-0.4, -0.2) is 44.4 Å². The molecule has 0 aromatic heterocycles. The monoisotopic (exact) mass is 474 g/mol. The fourth-order valence-corrected chi connectivity index (χ4v) is 3.34. The van der Waals surface area contributed by atoms with Crippen LogP contribution < -0.4 is 10.1 Å². The lowest BCUT2D eigenvalue weighted by Gasteiger charge is -2.37. The molecular formula is C17H20ClF9N2O. The van der Waals surface area contributed by atoms with Crippen LogP contribution in [0.2, 0.25) is 0 Å². The van der Waals surface area contributed by atoms with Gasteiger partial charge >= 0.3 is 18.5 Å². The molecule has 1 aliphatic heterocycles. The van der Waals surface area contributed by atoms with Crippen molar-refractivity contribution in [3.05, 3.63) is 28.8 Å². The van der Waals surface area contributed by atoms with E-state index in [1.54, 1.807) is 0 Å². The van der Waals surface area contributed by atoms with Gasteiger partial charge < -0.3 is 10.1 Å². The zero-order valence-corrected chi connectivity index (χ0v) is 16.5. The zero-order valence-electron chi connectivity index (χ0n) is 15.6. The number of hydrogen-bond acceptors (Lipinski definition) is 3. The Kier molecular flexibility index (Phi) is 8.72. The number of halogens is 10. The van der Waals surface area contributed by atoms with Gasteiger partial charge in [0.25, 0.3) is 0 Å². The number of piperazine rings is 1. The van der Waals surface area contributed by atoms with Gasteiger partial charge in [-0.05, 0) is 18.6 Å². The number of nitrogens with zero attached hydrogens (tertiary/aromatic N) is 1. The van der Waals surface area contributed by atoms with Crippen LogP contribution in [0.3, 0.4) is 0 Å². The Bertz CT molecular complexity index is 698. The largest absolute Gasteiger partial charge is 0.496 e. The number of benzene rings is 1. The van der Waals surface area contributed by atoms with Crippen LogP contribution in [0, 0.1) is 0 Å². The van der Waals surface area contributed by atoms with E-state index in [9.17, 15) is 39.5 Å². The normalized spacial score (nSPS) is 17.4. The average Bonchev–Trinajstić information content (AvgIpc) is 2.59. The van der Waals surface area contributed by atoms with E-state index < -0.39 is 59.9 Å². The van der Waals surface area contributed by atoms with Crippen LogP contribution in [0.25, 0.3) is 0 Å². The third-order valence-corrected chi connectivity index (χ3v) is 4.62. The topological polar surface area (TPSA) is 24.5 Å². The highest BCUT2D eigenvalue weighted by atomic mass is 35.5. The molecule has 174 valence electrons. The minimum absolute atomic E-state index is 0. The number of rotatable bonds is 5. The van der Waals surface area contributed by atoms with Crippen LogP contribution in [0.15, 0.2) is 12.1 Å². The van der Waals surface area contributed by atoms with Crippen LogP contribution in [0.5, 0.6) is 5.75 Å². The van der Waals surface area contributed by atoms with Crippen molar-refractivity contribution in [1.29, 1.82) is 0 Å². The second-order valence-corrected chi connectivity index (χ2v) is 6.59. The Hall–Kier alpha value is -1.40. The van der Waals surface area contributed by atoms with Gasteiger partial charge in [-0.3, -0.25) is 4.90 Å². The van der Waals surface area contributed by atoms with Gasteiger partial charge in [0, 0.05) is 44.2 Å². The molecule has 1 aromatic rings. The van der Waals surface area contributed by atoms with Gasteiger partial charge in [0.05, 0.1) is 18.2 Å². The summed E-state index contributed by atoms with van der Waals surface area (Å²) in [7, 11) is 0.887. The number of hydrogen-bond donors (Lipinski definition) is 1. The molecule has 0 bridgehead atoms. The molecule has 1 aliphatic rings. The van der Waals surface area contributed by atoms with Crippen molar-refractivity contribution in [3.8, 4) is 5.75 Å². The molecule has 1 saturated heterocycles. The molecule has 30 heavy (non-hydrogen) atoms. The van der Waals surface area contributed by atoms with E-state index in [-0.39, 0.29) is 31.6 Å². The molecule has 0 spiro atoms. The quantitative estimate of drug-likeness (QED) is 0.575. The van der Waals surface area contributed by atoms with Crippen LogP contribution >= 0.6 is 12.4 Å². The fourth-order valence-electron chi connectivity index (χ4n) is 3.34. The third-order valence-electron chi connectivity index (χ3n) is 4.62. The first-order valence-electron chi connectivity index (χ1n) is 8.62. The molecule has 1 N–H and O–H groups in total. The first-order valence-corrected chi connectivity index (χ1v) is 8.62. The lowest BCUT2D eigenvalue weighted by Crippen LogP contribution is -2.45. The summed E-state index contributed by atoms with van der Waals surface area (Å²) in [5, 5.41) is 2.93. The maximum atomic E-state index is 13.7. The van der Waals surface area contributed by atoms with Crippen molar-refractivity contribution in [3.63, 3.8) is 0 Å². The smallest absolute Gasteiger partial charge is 0.416 e. The van der Waals surface area contributed by atoms with Crippen molar-refractivity contribution in [1.82, 2.24) is 10.2 Å². The summed E-state index contributed by atoms with van der Waals surface area (Å²) in [6, 6.07) is -1.08. The predicted octanol–water partition coefficient (Wildman–Crippen LogP) is 5.44. The van der Waals surface area contributed by atoms with Crippen molar-refractivity contribution in [2.75, 3.05) is 33.3 Å². The van der Waals surface area contributed by atoms with Gasteiger partial charge in [0.2, 0.25) is 0 Å². The Labute approximate surface area is 173 Å². The molecule has 3 nitrogen and oxygen atoms in total. The molecule has 0 aliphatic carbocycles. The molecule has 1 aromatic carbocycles. The summed E-state index contributed by atoms with van der Waals surface area (Å²) in [4.78, 5) is 1.41. The number of ether oxygens (including phenoxy) is 1. The Morgan fingerprint density at radius 3 is 1.97 bits per heavy atom. The zero-order chi connectivity index (χ0) is 22.0. The maximum Gasteiger partial charge on any atom is 0.416 e. The van der Waals surface area contributed by atoms with E-state index in [1.807, 2.05) is 0 Å². The average molecular weight is 475 g/mol. The van der Waals surface area contributed by atoms with E-state index in [0.29, 0.717) is 19.2 Å². The van der Waals surface area contributed by atoms with Gasteiger partial charge in [0.1, 0.15) is 5.75 Å². The van der Waals surface area contributed by atoms with Gasteiger partial charge in [-0.1, -0.05) is 0 Å². The van der Waals surface area contributed by atoms with Crippen molar-refractivity contribution in [2.45, 2.75) is 37.4 Å². The van der Waals surface area contributed by atoms with Crippen LogP contribution in [0.4, 0.5) is 39.5 Å². The second-order valence-electron chi connectivity index (χ2n) is 6.59. The summed E-state index contributed by atoms with van der Waals surface area (Å²) in [5.74, 6) is -0.738.